The lowest BCUT2D eigenvalue weighted by Crippen LogP contribution is -2.46. The molecule has 0 fully saturated rings. The topological polar surface area (TPSA) is 113 Å². The van der Waals surface area contributed by atoms with Gasteiger partial charge in [-0.3, -0.25) is 19.6 Å². The number of anilines is 5. The summed E-state index contributed by atoms with van der Waals surface area (Å²) in [7, 11) is 3.01. The van der Waals surface area contributed by atoms with Crippen molar-refractivity contribution in [2.45, 2.75) is 19.6 Å². The molecule has 1 aliphatic heterocycles. The summed E-state index contributed by atoms with van der Waals surface area (Å²) in [5.41, 5.74) is 1.70. The van der Waals surface area contributed by atoms with Gasteiger partial charge in [-0.05, 0) is 55.5 Å². The van der Waals surface area contributed by atoms with Gasteiger partial charge < -0.3 is 15.4 Å². The smallest absolute Gasteiger partial charge is 0.416 e. The van der Waals surface area contributed by atoms with Gasteiger partial charge in [0.25, 0.3) is 5.91 Å². The monoisotopic (exact) mass is 563 g/mol. The molecule has 10 nitrogen and oxygen atoms in total. The fourth-order valence-electron chi connectivity index (χ4n) is 4.25. The molecule has 3 amide bonds. The predicted octanol–water partition coefficient (Wildman–Crippen LogP) is 5.78. The van der Waals surface area contributed by atoms with Crippen molar-refractivity contribution in [1.82, 2.24) is 15.0 Å². The van der Waals surface area contributed by atoms with Crippen molar-refractivity contribution in [3.8, 4) is 5.75 Å². The third kappa shape index (κ3) is 5.73. The van der Waals surface area contributed by atoms with Gasteiger partial charge in [0.05, 0.1) is 36.8 Å². The number of carbonyl (C=O) groups excluding carboxylic acids is 2. The molecular weight excluding hydrogens is 539 g/mol. The second kappa shape index (κ2) is 10.8. The Balaban J connectivity index is 1.40. The summed E-state index contributed by atoms with van der Waals surface area (Å²) in [6, 6.07) is 12.0. The Hall–Kier alpha value is -5.20. The second-order valence-electron chi connectivity index (χ2n) is 9.20. The number of aryl methyl sites for hydroxylation is 1. The minimum atomic E-state index is -4.58. The molecule has 0 saturated carbocycles. The number of hydrogen-bond acceptors (Lipinski definition) is 7. The molecule has 5 rings (SSSR count). The summed E-state index contributed by atoms with van der Waals surface area (Å²) in [6.07, 6.45) is -1.33. The number of ether oxygens (including phenoxy) is 1. The first-order valence-corrected chi connectivity index (χ1v) is 12.3. The minimum Gasteiger partial charge on any atom is -0.495 e. The van der Waals surface area contributed by atoms with Gasteiger partial charge in [0, 0.05) is 35.8 Å². The highest BCUT2D eigenvalue weighted by molar-refractivity contribution is 6.07. The van der Waals surface area contributed by atoms with Gasteiger partial charge in [-0.25, -0.2) is 9.78 Å². The van der Waals surface area contributed by atoms with E-state index >= 15 is 0 Å². The number of alkyl halides is 3. The van der Waals surface area contributed by atoms with E-state index in [9.17, 15) is 22.8 Å². The lowest BCUT2D eigenvalue weighted by atomic mass is 10.1. The molecule has 0 atom stereocenters. The summed E-state index contributed by atoms with van der Waals surface area (Å²) in [6.45, 7) is 1.98. The Morgan fingerprint density at radius 2 is 1.80 bits per heavy atom. The summed E-state index contributed by atoms with van der Waals surface area (Å²) < 4.78 is 44.8. The molecule has 13 heteroatoms. The highest BCUT2D eigenvalue weighted by Gasteiger charge is 2.33. The Morgan fingerprint density at radius 1 is 1.02 bits per heavy atom. The van der Waals surface area contributed by atoms with E-state index in [1.54, 1.807) is 25.5 Å². The number of halogens is 3. The number of nitrogens with one attached hydrogen (secondary N) is 2. The molecule has 2 N–H and O–H groups in total. The zero-order chi connectivity index (χ0) is 29.3. The zero-order valence-corrected chi connectivity index (χ0v) is 22.2. The number of hydrogen-bond donors (Lipinski definition) is 2. The van der Waals surface area contributed by atoms with Crippen molar-refractivity contribution in [3.63, 3.8) is 0 Å². The summed E-state index contributed by atoms with van der Waals surface area (Å²) in [5, 5.41) is 5.67. The summed E-state index contributed by atoms with van der Waals surface area (Å²) in [5.74, 6) is 0.311. The van der Waals surface area contributed by atoms with Gasteiger partial charge in [0.15, 0.2) is 0 Å². The van der Waals surface area contributed by atoms with Gasteiger partial charge in [-0.15, -0.1) is 0 Å². The number of carbonyl (C=O) groups is 2. The van der Waals surface area contributed by atoms with E-state index in [0.29, 0.717) is 34.5 Å². The van der Waals surface area contributed by atoms with Crippen molar-refractivity contribution in [2.75, 3.05) is 34.6 Å². The molecule has 2 aromatic heterocycles. The van der Waals surface area contributed by atoms with Gasteiger partial charge in [-0.1, -0.05) is 6.07 Å². The molecular formula is C28H24F3N7O3. The van der Waals surface area contributed by atoms with Crippen LogP contribution in [0, 0.1) is 6.92 Å². The van der Waals surface area contributed by atoms with E-state index in [-0.39, 0.29) is 17.8 Å². The van der Waals surface area contributed by atoms with E-state index in [0.717, 1.165) is 23.9 Å². The van der Waals surface area contributed by atoms with Crippen LogP contribution in [0.1, 0.15) is 27.2 Å². The van der Waals surface area contributed by atoms with Crippen molar-refractivity contribution < 1.29 is 27.5 Å². The van der Waals surface area contributed by atoms with Crippen molar-refractivity contribution in [3.05, 3.63) is 89.4 Å². The maximum Gasteiger partial charge on any atom is 0.416 e. The first kappa shape index (κ1) is 27.4. The van der Waals surface area contributed by atoms with Crippen molar-refractivity contribution in [1.29, 1.82) is 0 Å². The maximum atomic E-state index is 13.5. The van der Waals surface area contributed by atoms with E-state index in [1.165, 1.54) is 35.1 Å². The van der Waals surface area contributed by atoms with Crippen LogP contribution in [-0.2, 0) is 12.7 Å². The second-order valence-corrected chi connectivity index (χ2v) is 9.20. The summed E-state index contributed by atoms with van der Waals surface area (Å²) in [4.78, 5) is 42.1. The van der Waals surface area contributed by atoms with Gasteiger partial charge in [-0.2, -0.15) is 18.2 Å². The molecule has 210 valence electrons. The SMILES string of the molecule is COc1ccc(NC(=O)c2cccc(C(F)(F)F)c2)cc1N1Cc2cnc(Nc3ccc(C)nc3)nc2N(C)C1=O. The van der Waals surface area contributed by atoms with Crippen LogP contribution in [0.3, 0.4) is 0 Å². The van der Waals surface area contributed by atoms with Crippen LogP contribution >= 0.6 is 0 Å². The fourth-order valence-corrected chi connectivity index (χ4v) is 4.25. The zero-order valence-electron chi connectivity index (χ0n) is 22.2. The van der Waals surface area contributed by atoms with Crippen molar-refractivity contribution >= 4 is 40.8 Å². The van der Waals surface area contributed by atoms with Crippen LogP contribution in [0.5, 0.6) is 5.75 Å². The van der Waals surface area contributed by atoms with Crippen molar-refractivity contribution in [2.24, 2.45) is 0 Å². The Morgan fingerprint density at radius 3 is 2.51 bits per heavy atom. The van der Waals surface area contributed by atoms with Crippen LogP contribution in [-0.4, -0.2) is 41.0 Å². The first-order valence-electron chi connectivity index (χ1n) is 12.3. The molecule has 0 spiro atoms. The highest BCUT2D eigenvalue weighted by Crippen LogP contribution is 2.37. The molecule has 41 heavy (non-hydrogen) atoms. The Labute approximate surface area is 232 Å². The predicted molar refractivity (Wildman–Crippen MR) is 147 cm³/mol. The Kier molecular flexibility index (Phi) is 7.18. The quantitative estimate of drug-likeness (QED) is 0.306. The third-order valence-electron chi connectivity index (χ3n) is 6.35. The normalized spacial score (nSPS) is 13.1. The number of amides is 3. The largest absolute Gasteiger partial charge is 0.495 e. The van der Waals surface area contributed by atoms with Gasteiger partial charge in [0.1, 0.15) is 11.6 Å². The molecule has 0 bridgehead atoms. The standard InChI is InChI=1S/C28H24F3N7O3/c1-16-7-8-21(14-32-16)35-26-33-13-18-15-38(27(40)37(2)24(18)36-26)22-12-20(9-10-23(22)41-3)34-25(39)17-5-4-6-19(11-17)28(29,30)31/h4-14H,15H2,1-3H3,(H,34,39)(H,33,35,36). The first-order chi connectivity index (χ1) is 19.5. The lowest BCUT2D eigenvalue weighted by molar-refractivity contribution is -0.137. The number of benzene rings is 2. The van der Waals surface area contributed by atoms with Crippen LogP contribution in [0.4, 0.5) is 46.8 Å². The molecule has 0 unspecified atom stereocenters. The number of aromatic nitrogens is 3. The number of methoxy groups -OCH3 is 1. The minimum absolute atomic E-state index is 0.103. The van der Waals surface area contributed by atoms with E-state index in [2.05, 4.69) is 25.6 Å². The number of rotatable bonds is 6. The molecule has 0 radical (unpaired) electrons. The molecule has 4 aromatic rings. The molecule has 0 aliphatic carbocycles. The maximum absolute atomic E-state index is 13.5. The van der Waals surface area contributed by atoms with Gasteiger partial charge >= 0.3 is 12.2 Å². The van der Waals surface area contributed by atoms with E-state index in [4.69, 9.17) is 4.74 Å². The number of pyridine rings is 1. The highest BCUT2D eigenvalue weighted by atomic mass is 19.4. The van der Waals surface area contributed by atoms with Gasteiger partial charge in [0.2, 0.25) is 5.95 Å². The summed E-state index contributed by atoms with van der Waals surface area (Å²) >= 11 is 0. The number of fused-ring (bicyclic) bond motifs is 1. The average molecular weight is 564 g/mol. The van der Waals surface area contributed by atoms with Crippen LogP contribution in [0.15, 0.2) is 67.0 Å². The molecule has 3 heterocycles. The number of nitrogens with zero attached hydrogens (tertiary/aromatic N) is 5. The van der Waals surface area contributed by atoms with Crippen LogP contribution in [0.25, 0.3) is 0 Å². The average Bonchev–Trinajstić information content (AvgIpc) is 2.96. The molecule has 0 saturated heterocycles. The van der Waals surface area contributed by atoms with E-state index in [1.807, 2.05) is 19.1 Å². The molecule has 2 aromatic carbocycles. The Bertz CT molecular complexity index is 1630. The third-order valence-corrected chi connectivity index (χ3v) is 6.35. The van der Waals surface area contributed by atoms with Crippen LogP contribution < -0.4 is 25.2 Å². The number of urea groups is 1. The van der Waals surface area contributed by atoms with E-state index < -0.39 is 23.7 Å². The van der Waals surface area contributed by atoms with Crippen LogP contribution in [0.2, 0.25) is 0 Å². The fraction of sp³-hybridized carbons (Fsp3) is 0.179. The lowest BCUT2D eigenvalue weighted by Gasteiger charge is -2.34. The molecule has 1 aliphatic rings.